The molecule has 2 aromatic rings. The molecule has 240 valence electrons. The maximum absolute atomic E-state index is 12.9. The van der Waals surface area contributed by atoms with E-state index in [1.807, 2.05) is 38.8 Å². The van der Waals surface area contributed by atoms with Crippen molar-refractivity contribution in [2.75, 3.05) is 58.6 Å². The molecule has 1 unspecified atom stereocenters. The fourth-order valence-corrected chi connectivity index (χ4v) is 4.60. The molecule has 0 bridgehead atoms. The number of nitrogens with zero attached hydrogens (tertiary/aromatic N) is 5. The molecule has 0 radical (unpaired) electrons. The number of aliphatic imine (C=N–C) groups is 1. The normalized spacial score (nSPS) is 14.4. The second-order valence-electron chi connectivity index (χ2n) is 11.5. The molecular weight excluding hydrogens is 570 g/mol. The fourth-order valence-electron chi connectivity index (χ4n) is 4.60. The lowest BCUT2D eigenvalue weighted by atomic mass is 10.0. The number of aromatic nitrogens is 2. The summed E-state index contributed by atoms with van der Waals surface area (Å²) in [6, 6.07) is 3.57. The first kappa shape index (κ1) is 34.0. The second kappa shape index (κ2) is 15.3. The number of hydrogen-bond acceptors (Lipinski definition) is 11. The third kappa shape index (κ3) is 9.53. The number of amides is 2. The molecule has 0 aliphatic carbocycles. The van der Waals surface area contributed by atoms with Gasteiger partial charge < -0.3 is 39.8 Å². The number of carboxylic acid groups (broad SMARTS) is 1. The Labute approximate surface area is 257 Å². The van der Waals surface area contributed by atoms with Gasteiger partial charge in [-0.25, -0.2) is 14.8 Å². The number of nitrogens with one attached hydrogen (secondary N) is 2. The molecule has 3 rings (SSSR count). The first-order valence-electron chi connectivity index (χ1n) is 14.4. The highest BCUT2D eigenvalue weighted by molar-refractivity contribution is 6.13. The van der Waals surface area contributed by atoms with Crippen molar-refractivity contribution in [3.63, 3.8) is 0 Å². The molecule has 1 aliphatic heterocycles. The highest BCUT2D eigenvalue weighted by Gasteiger charge is 2.34. The van der Waals surface area contributed by atoms with Crippen LogP contribution in [0.1, 0.15) is 57.1 Å². The molecule has 0 saturated heterocycles. The van der Waals surface area contributed by atoms with E-state index in [4.69, 9.17) is 19.3 Å². The number of hydrogen-bond donors (Lipinski definition) is 3. The van der Waals surface area contributed by atoms with Crippen molar-refractivity contribution in [3.8, 4) is 11.5 Å². The summed E-state index contributed by atoms with van der Waals surface area (Å²) < 4.78 is 16.5. The smallest absolute Gasteiger partial charge is 0.410 e. The molecule has 1 aliphatic rings. The van der Waals surface area contributed by atoms with Gasteiger partial charge in [0.25, 0.3) is 0 Å². The topological polar surface area (TPSA) is 168 Å². The number of ether oxygens (including phenoxy) is 3. The molecule has 0 saturated carbocycles. The Balaban J connectivity index is 1.74. The molecule has 1 aromatic heterocycles. The minimum atomic E-state index is -0.832. The van der Waals surface area contributed by atoms with Crippen LogP contribution in [-0.2, 0) is 20.9 Å². The lowest BCUT2D eigenvalue weighted by molar-refractivity contribution is -0.137. The molecule has 3 N–H and O–H groups in total. The maximum atomic E-state index is 12.9. The van der Waals surface area contributed by atoms with E-state index in [1.165, 1.54) is 18.3 Å². The SMILES string of the molecule is COc1cc(N=CC2C(=O)Nc3ncnc(NCCCN(C)C(=O)OC(C)(C)C)c32)cc(CN(C)CCCC(=O)O)c1OC. The number of carbonyl (C=O) groups is 3. The molecule has 14 nitrogen and oxygen atoms in total. The van der Waals surface area contributed by atoms with Crippen molar-refractivity contribution >= 4 is 41.5 Å². The predicted molar refractivity (Wildman–Crippen MR) is 166 cm³/mol. The Kier molecular flexibility index (Phi) is 11.9. The summed E-state index contributed by atoms with van der Waals surface area (Å²) in [5, 5.41) is 15.0. The molecule has 2 amide bonds. The zero-order valence-electron chi connectivity index (χ0n) is 26.5. The van der Waals surface area contributed by atoms with Crippen LogP contribution in [0.5, 0.6) is 11.5 Å². The van der Waals surface area contributed by atoms with Crippen molar-refractivity contribution in [2.24, 2.45) is 4.99 Å². The van der Waals surface area contributed by atoms with Gasteiger partial charge in [-0.15, -0.1) is 0 Å². The number of benzene rings is 1. The number of aliphatic carboxylic acids is 1. The summed E-state index contributed by atoms with van der Waals surface area (Å²) in [6.45, 7) is 7.47. The summed E-state index contributed by atoms with van der Waals surface area (Å²) in [5.74, 6) is 0.0869. The summed E-state index contributed by atoms with van der Waals surface area (Å²) in [4.78, 5) is 52.8. The molecule has 44 heavy (non-hydrogen) atoms. The van der Waals surface area contributed by atoms with Gasteiger partial charge in [-0.1, -0.05) is 0 Å². The summed E-state index contributed by atoms with van der Waals surface area (Å²) >= 11 is 0. The van der Waals surface area contributed by atoms with Crippen molar-refractivity contribution in [3.05, 3.63) is 29.6 Å². The summed E-state index contributed by atoms with van der Waals surface area (Å²) in [5.41, 5.74) is 1.37. The average Bonchev–Trinajstić information content (AvgIpc) is 3.27. The molecule has 1 atom stereocenters. The fraction of sp³-hybridized carbons (Fsp3) is 0.533. The van der Waals surface area contributed by atoms with Crippen LogP contribution in [0.3, 0.4) is 0 Å². The van der Waals surface area contributed by atoms with E-state index >= 15 is 0 Å². The van der Waals surface area contributed by atoms with Gasteiger partial charge >= 0.3 is 12.1 Å². The van der Waals surface area contributed by atoms with E-state index < -0.39 is 23.6 Å². The van der Waals surface area contributed by atoms with Gasteiger partial charge in [0, 0.05) is 50.9 Å². The lowest BCUT2D eigenvalue weighted by Gasteiger charge is -2.24. The number of carboxylic acids is 1. The predicted octanol–water partition coefficient (Wildman–Crippen LogP) is 3.90. The van der Waals surface area contributed by atoms with Crippen LogP contribution in [0, 0.1) is 0 Å². The van der Waals surface area contributed by atoms with Gasteiger partial charge in [-0.05, 0) is 53.3 Å². The van der Waals surface area contributed by atoms with Crippen molar-refractivity contribution in [1.82, 2.24) is 19.8 Å². The molecule has 2 heterocycles. The van der Waals surface area contributed by atoms with Gasteiger partial charge in [0.15, 0.2) is 11.5 Å². The third-order valence-corrected chi connectivity index (χ3v) is 6.67. The van der Waals surface area contributed by atoms with Gasteiger partial charge in [0.05, 0.1) is 25.5 Å². The van der Waals surface area contributed by atoms with Crippen LogP contribution in [0.15, 0.2) is 23.5 Å². The number of rotatable bonds is 15. The summed E-state index contributed by atoms with van der Waals surface area (Å²) in [6.07, 6.45) is 3.75. The van der Waals surface area contributed by atoms with Crippen LogP contribution >= 0.6 is 0 Å². The first-order chi connectivity index (χ1) is 20.8. The van der Waals surface area contributed by atoms with Gasteiger partial charge in [-0.3, -0.25) is 14.6 Å². The molecule has 0 spiro atoms. The van der Waals surface area contributed by atoms with Gasteiger partial charge in [0.1, 0.15) is 29.5 Å². The van der Waals surface area contributed by atoms with Gasteiger partial charge in [-0.2, -0.15) is 0 Å². The lowest BCUT2D eigenvalue weighted by Crippen LogP contribution is -2.35. The quantitative estimate of drug-likeness (QED) is 0.197. The zero-order chi connectivity index (χ0) is 32.4. The average molecular weight is 614 g/mol. The standard InChI is InChI=1S/C30H43N7O7/c1-30(2,3)44-29(41)37(5)13-9-11-31-26-24-21(28(40)35-27(24)34-18-33-26)16-32-20-14-19(25(43-7)22(15-20)42-6)17-36(4)12-8-10-23(38)39/h14-16,18,21H,8-13,17H2,1-7H3,(H,38,39)(H2,31,33,34,35,40). The van der Waals surface area contributed by atoms with Crippen LogP contribution in [-0.4, -0.2) is 103 Å². The maximum Gasteiger partial charge on any atom is 0.410 e. The Bertz CT molecular complexity index is 1360. The Hall–Kier alpha value is -4.46. The minimum absolute atomic E-state index is 0.0870. The third-order valence-electron chi connectivity index (χ3n) is 6.67. The number of anilines is 2. The monoisotopic (exact) mass is 613 g/mol. The van der Waals surface area contributed by atoms with Crippen LogP contribution in [0.2, 0.25) is 0 Å². The Morgan fingerprint density at radius 3 is 2.55 bits per heavy atom. The molecule has 14 heteroatoms. The zero-order valence-corrected chi connectivity index (χ0v) is 26.5. The highest BCUT2D eigenvalue weighted by atomic mass is 16.6. The largest absolute Gasteiger partial charge is 0.493 e. The van der Waals surface area contributed by atoms with E-state index in [9.17, 15) is 14.4 Å². The van der Waals surface area contributed by atoms with Gasteiger partial charge in [0.2, 0.25) is 5.91 Å². The van der Waals surface area contributed by atoms with E-state index in [1.54, 1.807) is 26.4 Å². The second-order valence-corrected chi connectivity index (χ2v) is 11.5. The number of carbonyl (C=O) groups excluding carboxylic acids is 2. The van der Waals surface area contributed by atoms with Crippen molar-refractivity contribution in [1.29, 1.82) is 0 Å². The van der Waals surface area contributed by atoms with E-state index in [2.05, 4.69) is 25.6 Å². The number of fused-ring (bicyclic) bond motifs is 1. The minimum Gasteiger partial charge on any atom is -0.493 e. The van der Waals surface area contributed by atoms with E-state index in [-0.39, 0.29) is 12.3 Å². The van der Waals surface area contributed by atoms with Crippen LogP contribution in [0.4, 0.5) is 22.1 Å². The van der Waals surface area contributed by atoms with Crippen LogP contribution in [0.25, 0.3) is 0 Å². The van der Waals surface area contributed by atoms with E-state index in [0.29, 0.717) is 73.4 Å². The molecule has 1 aromatic carbocycles. The Morgan fingerprint density at radius 2 is 1.89 bits per heavy atom. The van der Waals surface area contributed by atoms with Crippen molar-refractivity contribution in [2.45, 2.75) is 58.1 Å². The molecular formula is C30H43N7O7. The first-order valence-corrected chi connectivity index (χ1v) is 14.4. The van der Waals surface area contributed by atoms with Crippen LogP contribution < -0.4 is 20.1 Å². The molecule has 0 fully saturated rings. The van der Waals surface area contributed by atoms with E-state index in [0.717, 1.165) is 5.56 Å². The van der Waals surface area contributed by atoms with Crippen molar-refractivity contribution < 1.29 is 33.7 Å². The number of methoxy groups -OCH3 is 2. The Morgan fingerprint density at radius 1 is 1.14 bits per heavy atom. The summed E-state index contributed by atoms with van der Waals surface area (Å²) in [7, 11) is 6.67. The highest BCUT2D eigenvalue weighted by Crippen LogP contribution is 2.38.